The van der Waals surface area contributed by atoms with Gasteiger partial charge in [-0.05, 0) is 12.3 Å². The third kappa shape index (κ3) is 5.48. The number of carbonyl (C=O) groups is 1. The summed E-state index contributed by atoms with van der Waals surface area (Å²) in [6.45, 7) is 6.88. The topological polar surface area (TPSA) is 73.6 Å². The van der Waals surface area contributed by atoms with Crippen LogP contribution in [0.4, 0.5) is 0 Å². The summed E-state index contributed by atoms with van der Waals surface area (Å²) in [5.74, 6) is 0.401. The second-order valence-corrected chi connectivity index (χ2v) is 4.88. The second-order valence-electron chi connectivity index (χ2n) is 4.88. The van der Waals surface area contributed by atoms with Crippen molar-refractivity contribution in [3.8, 4) is 0 Å². The van der Waals surface area contributed by atoms with E-state index in [1.54, 1.807) is 0 Å². The summed E-state index contributed by atoms with van der Waals surface area (Å²) in [4.78, 5) is 11.9. The minimum atomic E-state index is -0.0977. The lowest BCUT2D eigenvalue weighted by Crippen LogP contribution is -2.43. The molecule has 0 bridgehead atoms. The maximum absolute atomic E-state index is 11.9. The van der Waals surface area contributed by atoms with Crippen LogP contribution in [-0.2, 0) is 14.3 Å². The Labute approximate surface area is 103 Å². The van der Waals surface area contributed by atoms with Crippen LogP contribution in [0.15, 0.2) is 0 Å². The molecule has 3 N–H and O–H groups in total. The molecule has 0 aliphatic carbocycles. The van der Waals surface area contributed by atoms with Crippen LogP contribution in [0.1, 0.15) is 20.3 Å². The Morgan fingerprint density at radius 1 is 1.47 bits per heavy atom. The Morgan fingerprint density at radius 2 is 2.24 bits per heavy atom. The van der Waals surface area contributed by atoms with E-state index >= 15 is 0 Å². The van der Waals surface area contributed by atoms with Gasteiger partial charge in [-0.15, -0.1) is 0 Å². The Balaban J connectivity index is 2.26. The smallest absolute Gasteiger partial charge is 0.224 e. The van der Waals surface area contributed by atoms with E-state index in [0.717, 1.165) is 6.42 Å². The molecule has 17 heavy (non-hydrogen) atoms. The van der Waals surface area contributed by atoms with Crippen molar-refractivity contribution >= 4 is 5.91 Å². The van der Waals surface area contributed by atoms with Crippen LogP contribution in [-0.4, -0.2) is 44.9 Å². The zero-order chi connectivity index (χ0) is 12.7. The van der Waals surface area contributed by atoms with E-state index in [4.69, 9.17) is 15.2 Å². The first-order valence-electron chi connectivity index (χ1n) is 6.30. The number of carbonyl (C=O) groups excluding carboxylic acids is 1. The lowest BCUT2D eigenvalue weighted by molar-refractivity contribution is -0.127. The Morgan fingerprint density at radius 3 is 2.76 bits per heavy atom. The number of ether oxygens (including phenoxy) is 2. The summed E-state index contributed by atoms with van der Waals surface area (Å²) in [5, 5.41) is 2.88. The van der Waals surface area contributed by atoms with Crippen LogP contribution in [0.5, 0.6) is 0 Å². The number of amides is 1. The van der Waals surface area contributed by atoms with E-state index in [-0.39, 0.29) is 17.9 Å². The standard InChI is InChI=1S/C12H24N2O3/c1-9(2)5-10(6-13)12(15)14-7-11-8-16-3-4-17-11/h9-11H,3-8,13H2,1-2H3,(H,14,15). The summed E-state index contributed by atoms with van der Waals surface area (Å²) >= 11 is 0. The fourth-order valence-corrected chi connectivity index (χ4v) is 1.89. The van der Waals surface area contributed by atoms with E-state index < -0.39 is 0 Å². The fraction of sp³-hybridized carbons (Fsp3) is 0.917. The molecule has 1 heterocycles. The zero-order valence-electron chi connectivity index (χ0n) is 10.8. The van der Waals surface area contributed by atoms with Gasteiger partial charge in [-0.3, -0.25) is 4.79 Å². The number of nitrogens with two attached hydrogens (primary N) is 1. The van der Waals surface area contributed by atoms with Gasteiger partial charge in [0, 0.05) is 13.1 Å². The molecule has 1 aliphatic heterocycles. The minimum Gasteiger partial charge on any atom is -0.376 e. The second kappa shape index (κ2) is 7.63. The monoisotopic (exact) mass is 244 g/mol. The highest BCUT2D eigenvalue weighted by atomic mass is 16.6. The molecular formula is C12H24N2O3. The van der Waals surface area contributed by atoms with Gasteiger partial charge >= 0.3 is 0 Å². The molecule has 100 valence electrons. The molecule has 0 spiro atoms. The summed E-state index contributed by atoms with van der Waals surface area (Å²) in [6, 6.07) is 0. The molecule has 0 radical (unpaired) electrons. The summed E-state index contributed by atoms with van der Waals surface area (Å²) in [5.41, 5.74) is 5.61. The van der Waals surface area contributed by atoms with Gasteiger partial charge < -0.3 is 20.5 Å². The van der Waals surface area contributed by atoms with Crippen molar-refractivity contribution in [1.29, 1.82) is 0 Å². The highest BCUT2D eigenvalue weighted by molar-refractivity contribution is 5.78. The van der Waals surface area contributed by atoms with Crippen LogP contribution in [0.2, 0.25) is 0 Å². The molecule has 5 nitrogen and oxygen atoms in total. The van der Waals surface area contributed by atoms with Crippen LogP contribution in [0.25, 0.3) is 0 Å². The van der Waals surface area contributed by atoms with E-state index in [1.807, 2.05) is 0 Å². The summed E-state index contributed by atoms with van der Waals surface area (Å²) in [6.07, 6.45) is 0.801. The van der Waals surface area contributed by atoms with Crippen molar-refractivity contribution in [3.05, 3.63) is 0 Å². The highest BCUT2D eigenvalue weighted by Crippen LogP contribution is 2.10. The lowest BCUT2D eigenvalue weighted by atomic mass is 9.96. The molecule has 5 heteroatoms. The molecule has 1 amide bonds. The first-order valence-corrected chi connectivity index (χ1v) is 6.30. The third-order valence-electron chi connectivity index (χ3n) is 2.80. The normalized spacial score (nSPS) is 22.5. The molecule has 1 saturated heterocycles. The maximum atomic E-state index is 11.9. The molecule has 0 aromatic rings. The first kappa shape index (κ1) is 14.4. The van der Waals surface area contributed by atoms with Gasteiger partial charge in [0.25, 0.3) is 0 Å². The van der Waals surface area contributed by atoms with Crippen molar-refractivity contribution in [1.82, 2.24) is 5.32 Å². The van der Waals surface area contributed by atoms with Crippen molar-refractivity contribution in [2.24, 2.45) is 17.6 Å². The van der Waals surface area contributed by atoms with Crippen LogP contribution in [0.3, 0.4) is 0 Å². The van der Waals surface area contributed by atoms with Crippen LogP contribution in [0, 0.1) is 11.8 Å². The molecule has 0 aromatic carbocycles. The number of nitrogens with one attached hydrogen (secondary N) is 1. The largest absolute Gasteiger partial charge is 0.376 e. The summed E-state index contributed by atoms with van der Waals surface area (Å²) < 4.78 is 10.7. The zero-order valence-corrected chi connectivity index (χ0v) is 10.8. The van der Waals surface area contributed by atoms with Gasteiger partial charge in [0.15, 0.2) is 0 Å². The molecule has 0 aromatic heterocycles. The third-order valence-corrected chi connectivity index (χ3v) is 2.80. The summed E-state index contributed by atoms with van der Waals surface area (Å²) in [7, 11) is 0. The van der Waals surface area contributed by atoms with Gasteiger partial charge in [0.05, 0.1) is 31.8 Å². The molecule has 2 atom stereocenters. The van der Waals surface area contributed by atoms with Gasteiger partial charge in [-0.25, -0.2) is 0 Å². The van der Waals surface area contributed by atoms with Gasteiger partial charge in [0.1, 0.15) is 0 Å². The van der Waals surface area contributed by atoms with Crippen molar-refractivity contribution < 1.29 is 14.3 Å². The molecule has 1 aliphatic rings. The number of rotatable bonds is 6. The van der Waals surface area contributed by atoms with E-state index in [9.17, 15) is 4.79 Å². The number of hydrogen-bond donors (Lipinski definition) is 2. The fourth-order valence-electron chi connectivity index (χ4n) is 1.89. The van der Waals surface area contributed by atoms with Gasteiger partial charge in [0.2, 0.25) is 5.91 Å². The Hall–Kier alpha value is -0.650. The molecular weight excluding hydrogens is 220 g/mol. The molecule has 2 unspecified atom stereocenters. The van der Waals surface area contributed by atoms with E-state index in [0.29, 0.717) is 38.8 Å². The Bertz CT molecular complexity index is 228. The maximum Gasteiger partial charge on any atom is 0.224 e. The quantitative estimate of drug-likeness (QED) is 0.697. The average molecular weight is 244 g/mol. The lowest BCUT2D eigenvalue weighted by Gasteiger charge is -2.24. The van der Waals surface area contributed by atoms with Crippen LogP contribution < -0.4 is 11.1 Å². The van der Waals surface area contributed by atoms with Crippen LogP contribution >= 0.6 is 0 Å². The van der Waals surface area contributed by atoms with Crippen molar-refractivity contribution in [2.75, 3.05) is 32.9 Å². The van der Waals surface area contributed by atoms with Gasteiger partial charge in [-0.1, -0.05) is 13.8 Å². The predicted octanol–water partition coefficient (Wildman–Crippen LogP) is 0.139. The van der Waals surface area contributed by atoms with E-state index in [1.165, 1.54) is 0 Å². The predicted molar refractivity (Wildman–Crippen MR) is 65.6 cm³/mol. The average Bonchev–Trinajstić information content (AvgIpc) is 2.34. The van der Waals surface area contributed by atoms with Crippen molar-refractivity contribution in [2.45, 2.75) is 26.4 Å². The minimum absolute atomic E-state index is 0.0230. The Kier molecular flexibility index (Phi) is 6.47. The molecule has 1 fully saturated rings. The van der Waals surface area contributed by atoms with Crippen molar-refractivity contribution in [3.63, 3.8) is 0 Å². The molecule has 1 rings (SSSR count). The first-order chi connectivity index (χ1) is 8.13. The number of hydrogen-bond acceptors (Lipinski definition) is 4. The van der Waals surface area contributed by atoms with E-state index in [2.05, 4.69) is 19.2 Å². The van der Waals surface area contributed by atoms with Gasteiger partial charge in [-0.2, -0.15) is 0 Å². The SMILES string of the molecule is CC(C)CC(CN)C(=O)NCC1COCCO1. The highest BCUT2D eigenvalue weighted by Gasteiger charge is 2.20. The molecule has 0 saturated carbocycles.